The fourth-order valence-electron chi connectivity index (χ4n) is 4.24. The zero-order valence-electron chi connectivity index (χ0n) is 18.0. The number of rotatable bonds is 3. The number of benzene rings is 4. The third-order valence-electron chi connectivity index (χ3n) is 5.90. The molecule has 156 valence electrons. The molecule has 1 atom stereocenters. The zero-order valence-corrected chi connectivity index (χ0v) is 18.0. The van der Waals surface area contributed by atoms with Crippen molar-refractivity contribution in [3.05, 3.63) is 131 Å². The molecule has 3 nitrogen and oxygen atoms in total. The van der Waals surface area contributed by atoms with Gasteiger partial charge in [0.1, 0.15) is 0 Å². The van der Waals surface area contributed by atoms with E-state index in [1.165, 1.54) is 5.56 Å². The molecule has 0 saturated heterocycles. The highest BCUT2D eigenvalue weighted by molar-refractivity contribution is 6.11. The number of amides is 1. The minimum Gasteiger partial charge on any atom is -0.298 e. The number of fused-ring (bicyclic) bond motifs is 1. The van der Waals surface area contributed by atoms with Gasteiger partial charge in [0.2, 0.25) is 0 Å². The Kier molecular flexibility index (Phi) is 5.39. The Morgan fingerprint density at radius 3 is 2.12 bits per heavy atom. The van der Waals surface area contributed by atoms with Crippen molar-refractivity contribution in [3.8, 4) is 0 Å². The quantitative estimate of drug-likeness (QED) is 0.357. The van der Waals surface area contributed by atoms with Gasteiger partial charge in [0, 0.05) is 12.0 Å². The fraction of sp³-hybridized carbons (Fsp3) is 0.103. The number of para-hydroxylation sites is 2. The van der Waals surface area contributed by atoms with Crippen LogP contribution in [0.25, 0.3) is 0 Å². The molecule has 0 spiro atoms. The third kappa shape index (κ3) is 3.85. The first kappa shape index (κ1) is 20.0. The summed E-state index contributed by atoms with van der Waals surface area (Å²) in [6.45, 7) is 2.08. The number of carbonyl (C=O) groups excluding carboxylic acids is 1. The number of aryl methyl sites for hydroxylation is 1. The molecule has 0 bridgehead atoms. The van der Waals surface area contributed by atoms with Crippen LogP contribution in [0.5, 0.6) is 0 Å². The van der Waals surface area contributed by atoms with Crippen molar-refractivity contribution >= 4 is 23.0 Å². The van der Waals surface area contributed by atoms with Crippen LogP contribution in [0.2, 0.25) is 0 Å². The van der Waals surface area contributed by atoms with Gasteiger partial charge in [-0.25, -0.2) is 0 Å². The first-order valence-electron chi connectivity index (χ1n) is 10.9. The van der Waals surface area contributed by atoms with Gasteiger partial charge in [0.15, 0.2) is 0 Å². The molecule has 1 aliphatic heterocycles. The van der Waals surface area contributed by atoms with Gasteiger partial charge in [-0.15, -0.1) is 0 Å². The summed E-state index contributed by atoms with van der Waals surface area (Å²) in [7, 11) is 0. The minimum absolute atomic E-state index is 0.0211. The highest BCUT2D eigenvalue weighted by atomic mass is 16.2. The summed E-state index contributed by atoms with van der Waals surface area (Å²) in [5, 5.41) is 0. The van der Waals surface area contributed by atoms with Gasteiger partial charge in [-0.3, -0.25) is 14.7 Å². The lowest BCUT2D eigenvalue weighted by Gasteiger charge is -2.32. The van der Waals surface area contributed by atoms with Gasteiger partial charge >= 0.3 is 0 Å². The molecule has 0 saturated carbocycles. The van der Waals surface area contributed by atoms with Gasteiger partial charge in [-0.1, -0.05) is 90.5 Å². The Hall–Kier alpha value is -3.98. The summed E-state index contributed by atoms with van der Waals surface area (Å²) in [4.78, 5) is 20.8. The second-order valence-electron chi connectivity index (χ2n) is 8.09. The van der Waals surface area contributed by atoms with Crippen LogP contribution in [-0.4, -0.2) is 11.6 Å². The Morgan fingerprint density at radius 2 is 1.41 bits per heavy atom. The molecule has 0 aliphatic carbocycles. The van der Waals surface area contributed by atoms with Crippen molar-refractivity contribution in [2.45, 2.75) is 19.4 Å². The minimum atomic E-state index is -0.174. The van der Waals surface area contributed by atoms with E-state index in [-0.39, 0.29) is 11.9 Å². The maximum atomic E-state index is 13.9. The lowest BCUT2D eigenvalue weighted by Crippen LogP contribution is -2.35. The van der Waals surface area contributed by atoms with Crippen LogP contribution >= 0.6 is 0 Å². The number of anilines is 1. The molecular weight excluding hydrogens is 392 g/mol. The summed E-state index contributed by atoms with van der Waals surface area (Å²) >= 11 is 0. The zero-order chi connectivity index (χ0) is 21.9. The van der Waals surface area contributed by atoms with E-state index in [0.29, 0.717) is 12.0 Å². The summed E-state index contributed by atoms with van der Waals surface area (Å²) in [5.41, 5.74) is 6.68. The number of nitrogens with zero attached hydrogens (tertiary/aromatic N) is 2. The van der Waals surface area contributed by atoms with Crippen LogP contribution in [0.1, 0.15) is 39.5 Å². The third-order valence-corrected chi connectivity index (χ3v) is 5.90. The number of hydrogen-bond acceptors (Lipinski definition) is 2. The molecule has 32 heavy (non-hydrogen) atoms. The van der Waals surface area contributed by atoms with Crippen LogP contribution < -0.4 is 4.90 Å². The molecule has 1 amide bonds. The molecule has 0 radical (unpaired) electrons. The van der Waals surface area contributed by atoms with Crippen LogP contribution in [-0.2, 0) is 0 Å². The molecule has 1 aliphatic rings. The Morgan fingerprint density at radius 1 is 0.781 bits per heavy atom. The van der Waals surface area contributed by atoms with Crippen molar-refractivity contribution in [3.63, 3.8) is 0 Å². The predicted molar refractivity (Wildman–Crippen MR) is 131 cm³/mol. The van der Waals surface area contributed by atoms with E-state index >= 15 is 0 Å². The van der Waals surface area contributed by atoms with Crippen molar-refractivity contribution < 1.29 is 4.79 Å². The van der Waals surface area contributed by atoms with Gasteiger partial charge in [0.25, 0.3) is 5.91 Å². The number of hydrogen-bond donors (Lipinski definition) is 0. The van der Waals surface area contributed by atoms with E-state index < -0.39 is 0 Å². The Balaban J connectivity index is 1.69. The van der Waals surface area contributed by atoms with Crippen molar-refractivity contribution in [1.82, 2.24) is 0 Å². The first-order valence-corrected chi connectivity index (χ1v) is 10.9. The maximum absolute atomic E-state index is 13.9. The molecule has 4 aromatic carbocycles. The monoisotopic (exact) mass is 416 g/mol. The maximum Gasteiger partial charge on any atom is 0.258 e. The van der Waals surface area contributed by atoms with E-state index in [1.807, 2.05) is 77.7 Å². The Labute approximate surface area is 188 Å². The highest BCUT2D eigenvalue weighted by Crippen LogP contribution is 2.41. The summed E-state index contributed by atoms with van der Waals surface area (Å²) in [6, 6.07) is 36.0. The Bertz CT molecular complexity index is 1260. The largest absolute Gasteiger partial charge is 0.298 e. The van der Waals surface area contributed by atoms with Crippen LogP contribution in [0.3, 0.4) is 0 Å². The first-order chi connectivity index (χ1) is 15.7. The van der Waals surface area contributed by atoms with Gasteiger partial charge in [0.05, 0.1) is 23.1 Å². The molecule has 0 aromatic heterocycles. The van der Waals surface area contributed by atoms with Gasteiger partial charge in [-0.05, 0) is 42.3 Å². The van der Waals surface area contributed by atoms with Crippen molar-refractivity contribution in [1.29, 1.82) is 0 Å². The van der Waals surface area contributed by atoms with E-state index in [4.69, 9.17) is 4.99 Å². The standard InChI is InChI=1S/C29H24N2O/c1-21-16-18-22(19-17-21)26-20-28(23-10-4-2-5-11-23)31(27-15-9-8-14-25(27)30-26)29(32)24-12-6-3-7-13-24/h2-19,28H,20H2,1H3. The van der Waals surface area contributed by atoms with E-state index in [1.54, 1.807) is 0 Å². The second-order valence-corrected chi connectivity index (χ2v) is 8.09. The number of aliphatic imine (C=N–C) groups is 1. The molecule has 1 unspecified atom stereocenters. The molecule has 3 heteroatoms. The van der Waals surface area contributed by atoms with Crippen LogP contribution in [0, 0.1) is 6.92 Å². The van der Waals surface area contributed by atoms with Crippen molar-refractivity contribution in [2.75, 3.05) is 4.90 Å². The summed E-state index contributed by atoms with van der Waals surface area (Å²) < 4.78 is 0. The molecule has 0 N–H and O–H groups in total. The highest BCUT2D eigenvalue weighted by Gasteiger charge is 2.32. The van der Waals surface area contributed by atoms with Gasteiger partial charge in [-0.2, -0.15) is 0 Å². The summed E-state index contributed by atoms with van der Waals surface area (Å²) in [5.74, 6) is -0.0211. The molecule has 4 aromatic rings. The van der Waals surface area contributed by atoms with E-state index in [9.17, 15) is 4.79 Å². The lowest BCUT2D eigenvalue weighted by molar-refractivity contribution is 0.0977. The lowest BCUT2D eigenvalue weighted by atomic mass is 9.95. The normalized spacial score (nSPS) is 15.5. The summed E-state index contributed by atoms with van der Waals surface area (Å²) in [6.07, 6.45) is 0.625. The molecular formula is C29H24N2O. The van der Waals surface area contributed by atoms with Gasteiger partial charge < -0.3 is 0 Å². The SMILES string of the molecule is Cc1ccc(C2=Nc3ccccc3N(C(=O)c3ccccc3)C(c3ccccc3)C2)cc1. The van der Waals surface area contributed by atoms with Crippen LogP contribution in [0.15, 0.2) is 114 Å². The second kappa shape index (κ2) is 8.64. The predicted octanol–water partition coefficient (Wildman–Crippen LogP) is 6.91. The molecule has 0 fully saturated rings. The fourth-order valence-corrected chi connectivity index (χ4v) is 4.24. The van der Waals surface area contributed by atoms with Crippen LogP contribution in [0.4, 0.5) is 11.4 Å². The average Bonchev–Trinajstić information content (AvgIpc) is 3.02. The van der Waals surface area contributed by atoms with Crippen molar-refractivity contribution in [2.24, 2.45) is 4.99 Å². The molecule has 1 heterocycles. The topological polar surface area (TPSA) is 32.7 Å². The van der Waals surface area contributed by atoms with E-state index in [2.05, 4.69) is 43.3 Å². The molecule has 5 rings (SSSR count). The number of carbonyl (C=O) groups is 1. The average molecular weight is 417 g/mol. The van der Waals surface area contributed by atoms with E-state index in [0.717, 1.165) is 28.2 Å². The smallest absolute Gasteiger partial charge is 0.258 e.